The summed E-state index contributed by atoms with van der Waals surface area (Å²) < 4.78 is 0. The minimum absolute atomic E-state index is 0.977. The zero-order valence-corrected chi connectivity index (χ0v) is 6.85. The molecule has 1 aromatic rings. The molecule has 0 nitrogen and oxygen atoms in total. The number of rotatable bonds is 1. The molecule has 0 amide bonds. The first-order chi connectivity index (χ1) is 5.13. The maximum atomic E-state index is 3.92. The second kappa shape index (κ2) is 2.75. The molecule has 0 bridgehead atoms. The van der Waals surface area contributed by atoms with E-state index in [1.807, 2.05) is 25.1 Å². The van der Waals surface area contributed by atoms with Crippen molar-refractivity contribution in [3.63, 3.8) is 0 Å². The Hall–Kier alpha value is -1.30. The van der Waals surface area contributed by atoms with E-state index >= 15 is 0 Å². The molecule has 0 spiro atoms. The van der Waals surface area contributed by atoms with Crippen LogP contribution in [-0.2, 0) is 0 Å². The molecule has 0 atom stereocenters. The van der Waals surface area contributed by atoms with Gasteiger partial charge < -0.3 is 0 Å². The zero-order valence-electron chi connectivity index (χ0n) is 6.85. The highest BCUT2D eigenvalue weighted by atomic mass is 14.0. The van der Waals surface area contributed by atoms with Gasteiger partial charge in [0.25, 0.3) is 0 Å². The maximum absolute atomic E-state index is 3.92. The third kappa shape index (κ3) is 1.40. The van der Waals surface area contributed by atoms with Gasteiger partial charge >= 0.3 is 0 Å². The molecular formula is C11H12. The van der Waals surface area contributed by atoms with E-state index < -0.39 is 0 Å². The molecule has 0 aliphatic rings. The summed E-state index contributed by atoms with van der Waals surface area (Å²) >= 11 is 0. The molecule has 1 rings (SSSR count). The Labute approximate surface area is 67.2 Å². The third-order valence-electron chi connectivity index (χ3n) is 1.73. The zero-order chi connectivity index (χ0) is 8.43. The Kier molecular flexibility index (Phi) is 1.95. The van der Waals surface area contributed by atoms with Crippen molar-refractivity contribution in [2.75, 3.05) is 0 Å². The van der Waals surface area contributed by atoms with E-state index in [1.54, 1.807) is 0 Å². The molecule has 0 aromatic heterocycles. The summed E-state index contributed by atoms with van der Waals surface area (Å²) in [4.78, 5) is 0. The molecule has 0 aliphatic heterocycles. The molecular weight excluding hydrogens is 132 g/mol. The van der Waals surface area contributed by atoms with Gasteiger partial charge in [0.15, 0.2) is 0 Å². The number of benzene rings is 1. The van der Waals surface area contributed by atoms with Crippen molar-refractivity contribution in [2.45, 2.75) is 6.92 Å². The van der Waals surface area contributed by atoms with Crippen LogP contribution in [0.5, 0.6) is 0 Å². The number of hydrogen-bond donors (Lipinski definition) is 0. The van der Waals surface area contributed by atoms with E-state index in [4.69, 9.17) is 0 Å². The molecule has 0 radical (unpaired) electrons. The van der Waals surface area contributed by atoms with E-state index in [2.05, 4.69) is 19.7 Å². The van der Waals surface area contributed by atoms with Gasteiger partial charge in [-0.3, -0.25) is 0 Å². The Morgan fingerprint density at radius 1 is 1.27 bits per heavy atom. The standard InChI is InChI=1S/C11H12/c1-8(2)11-7-5-6-9(3)10(11)4/h5-7H,1,3-4H2,2H3. The second-order valence-electron chi connectivity index (χ2n) is 2.72. The molecule has 11 heavy (non-hydrogen) atoms. The van der Waals surface area contributed by atoms with Crippen LogP contribution in [-0.4, -0.2) is 0 Å². The van der Waals surface area contributed by atoms with Gasteiger partial charge in [0.2, 0.25) is 0 Å². The summed E-state index contributed by atoms with van der Waals surface area (Å²) in [5, 5.41) is 1.96. The summed E-state index contributed by atoms with van der Waals surface area (Å²) in [5.41, 5.74) is 2.15. The Morgan fingerprint density at radius 2 is 1.91 bits per heavy atom. The molecule has 0 saturated heterocycles. The largest absolute Gasteiger partial charge is 0.0955 e. The number of hydrogen-bond acceptors (Lipinski definition) is 0. The van der Waals surface area contributed by atoms with Crippen LogP contribution in [0, 0.1) is 0 Å². The lowest BCUT2D eigenvalue weighted by Crippen LogP contribution is -2.24. The van der Waals surface area contributed by atoms with Crippen LogP contribution in [0.25, 0.3) is 18.7 Å². The lowest BCUT2D eigenvalue weighted by molar-refractivity contribution is 1.47. The van der Waals surface area contributed by atoms with Crippen LogP contribution < -0.4 is 10.4 Å². The van der Waals surface area contributed by atoms with Crippen molar-refractivity contribution in [3.05, 3.63) is 40.8 Å². The predicted octanol–water partition coefficient (Wildman–Crippen LogP) is 1.54. The normalized spacial score (nSPS) is 9.55. The van der Waals surface area contributed by atoms with Crippen LogP contribution in [0.15, 0.2) is 24.8 Å². The van der Waals surface area contributed by atoms with E-state index in [0.29, 0.717) is 0 Å². The summed E-state index contributed by atoms with van der Waals surface area (Å²) in [5.74, 6) is 0. The van der Waals surface area contributed by atoms with Gasteiger partial charge in [-0.15, -0.1) is 0 Å². The summed E-state index contributed by atoms with van der Waals surface area (Å²) in [6, 6.07) is 5.94. The highest BCUT2D eigenvalue weighted by Crippen LogP contribution is 2.02. The number of allylic oxidation sites excluding steroid dienone is 1. The minimum atomic E-state index is 0.977. The molecule has 0 aliphatic carbocycles. The van der Waals surface area contributed by atoms with Crippen molar-refractivity contribution in [1.82, 2.24) is 0 Å². The molecule has 56 valence electrons. The smallest absolute Gasteiger partial charge is 0.0161 e. The fourth-order valence-electron chi connectivity index (χ4n) is 1.03. The molecule has 0 unspecified atom stereocenters. The Balaban J connectivity index is 3.53. The molecule has 1 aromatic carbocycles. The average Bonchev–Trinajstić information content (AvgIpc) is 1.94. The SMILES string of the molecule is C=C(C)c1cccc(=C)c1=C. The topological polar surface area (TPSA) is 0 Å². The first kappa shape index (κ1) is 7.80. The predicted molar refractivity (Wildman–Crippen MR) is 51.4 cm³/mol. The van der Waals surface area contributed by atoms with Crippen LogP contribution >= 0.6 is 0 Å². The maximum Gasteiger partial charge on any atom is -0.0161 e. The quantitative estimate of drug-likeness (QED) is 0.561. The van der Waals surface area contributed by atoms with Gasteiger partial charge in [-0.1, -0.05) is 43.5 Å². The fraction of sp³-hybridized carbons (Fsp3) is 0.0909. The molecule has 0 fully saturated rings. The summed E-state index contributed by atoms with van der Waals surface area (Å²) in [7, 11) is 0. The first-order valence-electron chi connectivity index (χ1n) is 3.55. The lowest BCUT2D eigenvalue weighted by Gasteiger charge is -1.99. The van der Waals surface area contributed by atoms with Crippen molar-refractivity contribution in [3.8, 4) is 0 Å². The van der Waals surface area contributed by atoms with Gasteiger partial charge in [-0.05, 0) is 22.9 Å². The Bertz CT molecular complexity index is 372. The summed E-state index contributed by atoms with van der Waals surface area (Å²) in [6.07, 6.45) is 0. The van der Waals surface area contributed by atoms with Crippen molar-refractivity contribution >= 4 is 18.7 Å². The van der Waals surface area contributed by atoms with Crippen molar-refractivity contribution in [1.29, 1.82) is 0 Å². The molecule has 0 heterocycles. The van der Waals surface area contributed by atoms with E-state index in [1.165, 1.54) is 0 Å². The highest BCUT2D eigenvalue weighted by molar-refractivity contribution is 5.62. The van der Waals surface area contributed by atoms with Crippen molar-refractivity contribution in [2.24, 2.45) is 0 Å². The van der Waals surface area contributed by atoms with Crippen LogP contribution in [0.4, 0.5) is 0 Å². The van der Waals surface area contributed by atoms with Gasteiger partial charge in [-0.2, -0.15) is 0 Å². The van der Waals surface area contributed by atoms with Gasteiger partial charge in [-0.25, -0.2) is 0 Å². The monoisotopic (exact) mass is 144 g/mol. The van der Waals surface area contributed by atoms with Crippen LogP contribution in [0.1, 0.15) is 12.5 Å². The fourth-order valence-corrected chi connectivity index (χ4v) is 1.03. The van der Waals surface area contributed by atoms with Crippen LogP contribution in [0.3, 0.4) is 0 Å². The van der Waals surface area contributed by atoms with Crippen molar-refractivity contribution < 1.29 is 0 Å². The minimum Gasteiger partial charge on any atom is -0.0955 e. The van der Waals surface area contributed by atoms with Gasteiger partial charge in [0.05, 0.1) is 0 Å². The first-order valence-corrected chi connectivity index (χ1v) is 3.55. The van der Waals surface area contributed by atoms with Crippen LogP contribution in [0.2, 0.25) is 0 Å². The van der Waals surface area contributed by atoms with E-state index in [0.717, 1.165) is 21.6 Å². The molecule has 0 N–H and O–H groups in total. The molecule has 0 heteroatoms. The second-order valence-corrected chi connectivity index (χ2v) is 2.72. The molecule has 0 saturated carbocycles. The van der Waals surface area contributed by atoms with Gasteiger partial charge in [0, 0.05) is 0 Å². The van der Waals surface area contributed by atoms with E-state index in [9.17, 15) is 0 Å². The van der Waals surface area contributed by atoms with Gasteiger partial charge in [0.1, 0.15) is 0 Å². The third-order valence-corrected chi connectivity index (χ3v) is 1.73. The highest BCUT2D eigenvalue weighted by Gasteiger charge is 1.92. The average molecular weight is 144 g/mol. The summed E-state index contributed by atoms with van der Waals surface area (Å²) in [6.45, 7) is 13.6. The van der Waals surface area contributed by atoms with E-state index in [-0.39, 0.29) is 0 Å². The lowest BCUT2D eigenvalue weighted by atomic mass is 10.1. The Morgan fingerprint density at radius 3 is 2.36 bits per heavy atom.